The summed E-state index contributed by atoms with van der Waals surface area (Å²) in [6.45, 7) is 10.3. The van der Waals surface area contributed by atoms with Crippen LogP contribution in [0.15, 0.2) is 24.3 Å². The van der Waals surface area contributed by atoms with E-state index in [9.17, 15) is 18.8 Å². The standard InChI is InChI=1S/C35H53FN4O5/c1-23-25(3)40(26(4)24(2)37-23)34(43)38-31(22-27-10-12-29(36)13-11-27)32(41)39-18-16-35(17-19-39,28-8-6-5-7-9-28)33(42)45-30-14-20-44-21-15-30/h10-13,23-26,28,30-31,37H,5-9,14-22H2,1-4H3,(H,38,43)/t23?,24?,25?,26?,31-/m1/s1. The lowest BCUT2D eigenvalue weighted by atomic mass is 9.63. The van der Waals surface area contributed by atoms with Gasteiger partial charge in [-0.3, -0.25) is 9.59 Å². The molecule has 250 valence electrons. The van der Waals surface area contributed by atoms with Crippen LogP contribution in [0.1, 0.15) is 91.0 Å². The summed E-state index contributed by atoms with van der Waals surface area (Å²) in [5.74, 6) is -0.362. The molecule has 4 fully saturated rings. The summed E-state index contributed by atoms with van der Waals surface area (Å²) in [5, 5.41) is 6.61. The number of hydrogen-bond donors (Lipinski definition) is 2. The average Bonchev–Trinajstić information content (AvgIpc) is 3.05. The maximum absolute atomic E-state index is 14.2. The number of carbonyl (C=O) groups excluding carboxylic acids is 3. The molecule has 1 aromatic rings. The van der Waals surface area contributed by atoms with E-state index in [1.165, 1.54) is 18.6 Å². The van der Waals surface area contributed by atoms with Crippen molar-refractivity contribution in [1.82, 2.24) is 20.4 Å². The fourth-order valence-electron chi connectivity index (χ4n) is 8.04. The predicted octanol–water partition coefficient (Wildman–Crippen LogP) is 4.82. The molecule has 45 heavy (non-hydrogen) atoms. The largest absolute Gasteiger partial charge is 0.462 e. The van der Waals surface area contributed by atoms with Crippen molar-refractivity contribution in [1.29, 1.82) is 0 Å². The van der Waals surface area contributed by atoms with E-state index in [4.69, 9.17) is 9.47 Å². The number of esters is 1. The molecule has 3 aliphatic heterocycles. The lowest BCUT2D eigenvalue weighted by Crippen LogP contribution is -2.68. The van der Waals surface area contributed by atoms with E-state index in [0.29, 0.717) is 39.1 Å². The smallest absolute Gasteiger partial charge is 0.318 e. The molecule has 5 atom stereocenters. The van der Waals surface area contributed by atoms with Crippen LogP contribution < -0.4 is 10.6 Å². The van der Waals surface area contributed by atoms with Crippen LogP contribution in [0.4, 0.5) is 9.18 Å². The fourth-order valence-corrected chi connectivity index (χ4v) is 8.04. The van der Waals surface area contributed by atoms with Gasteiger partial charge in [0, 0.05) is 56.5 Å². The van der Waals surface area contributed by atoms with Gasteiger partial charge in [-0.25, -0.2) is 9.18 Å². The predicted molar refractivity (Wildman–Crippen MR) is 170 cm³/mol. The van der Waals surface area contributed by atoms with Gasteiger partial charge in [0.25, 0.3) is 0 Å². The van der Waals surface area contributed by atoms with Gasteiger partial charge in [-0.05, 0) is 77.0 Å². The number of likely N-dealkylation sites (tertiary alicyclic amines) is 1. The molecule has 1 aromatic carbocycles. The first kappa shape index (κ1) is 33.6. The number of carbonyl (C=O) groups is 3. The minimum Gasteiger partial charge on any atom is -0.462 e. The molecule has 3 heterocycles. The zero-order valence-corrected chi connectivity index (χ0v) is 27.6. The first-order valence-electron chi connectivity index (χ1n) is 17.3. The van der Waals surface area contributed by atoms with Crippen molar-refractivity contribution in [3.05, 3.63) is 35.6 Å². The number of urea groups is 1. The lowest BCUT2D eigenvalue weighted by Gasteiger charge is -2.48. The molecule has 0 aromatic heterocycles. The van der Waals surface area contributed by atoms with Crippen LogP contribution in [0.25, 0.3) is 0 Å². The molecule has 3 saturated heterocycles. The Hall–Kier alpha value is -2.72. The van der Waals surface area contributed by atoms with Crippen molar-refractivity contribution in [3.63, 3.8) is 0 Å². The van der Waals surface area contributed by atoms with Gasteiger partial charge in [-0.2, -0.15) is 0 Å². The Morgan fingerprint density at radius 1 is 0.956 bits per heavy atom. The Bertz CT molecular complexity index is 1150. The van der Waals surface area contributed by atoms with Crippen LogP contribution in [0, 0.1) is 17.2 Å². The van der Waals surface area contributed by atoms with E-state index in [2.05, 4.69) is 24.5 Å². The maximum atomic E-state index is 14.2. The summed E-state index contributed by atoms with van der Waals surface area (Å²) in [4.78, 5) is 45.6. The van der Waals surface area contributed by atoms with Crippen molar-refractivity contribution in [3.8, 4) is 0 Å². The summed E-state index contributed by atoms with van der Waals surface area (Å²) >= 11 is 0. The summed E-state index contributed by atoms with van der Waals surface area (Å²) in [6, 6.07) is 5.07. The average molecular weight is 629 g/mol. The van der Waals surface area contributed by atoms with E-state index >= 15 is 0 Å². The lowest BCUT2D eigenvalue weighted by molar-refractivity contribution is -0.175. The van der Waals surface area contributed by atoms with Crippen molar-refractivity contribution < 1.29 is 28.2 Å². The summed E-state index contributed by atoms with van der Waals surface area (Å²) in [6.07, 6.45) is 8.16. The number of halogens is 1. The van der Waals surface area contributed by atoms with Crippen molar-refractivity contribution in [2.75, 3.05) is 26.3 Å². The van der Waals surface area contributed by atoms with Crippen LogP contribution in [0.2, 0.25) is 0 Å². The summed E-state index contributed by atoms with van der Waals surface area (Å²) in [5.41, 5.74) is 0.176. The molecule has 4 aliphatic rings. The number of rotatable bonds is 7. The second-order valence-electron chi connectivity index (χ2n) is 14.0. The van der Waals surface area contributed by atoms with Crippen LogP contribution in [-0.2, 0) is 25.5 Å². The number of piperidine rings is 1. The first-order chi connectivity index (χ1) is 21.6. The topological polar surface area (TPSA) is 100 Å². The molecule has 4 unspecified atom stereocenters. The molecule has 9 nitrogen and oxygen atoms in total. The Labute approximate surface area is 267 Å². The molecule has 1 aliphatic carbocycles. The number of nitrogens with zero attached hydrogens (tertiary/aromatic N) is 2. The Balaban J connectivity index is 1.32. The van der Waals surface area contributed by atoms with Crippen LogP contribution in [0.3, 0.4) is 0 Å². The van der Waals surface area contributed by atoms with Crippen molar-refractivity contribution in [2.45, 2.75) is 128 Å². The highest BCUT2D eigenvalue weighted by Crippen LogP contribution is 2.47. The number of amides is 3. The highest BCUT2D eigenvalue weighted by atomic mass is 19.1. The number of nitrogens with one attached hydrogen (secondary N) is 2. The minimum absolute atomic E-state index is 0.0643. The molecular formula is C35H53FN4O5. The molecule has 0 radical (unpaired) electrons. The second kappa shape index (κ2) is 14.8. The van der Waals surface area contributed by atoms with Gasteiger partial charge < -0.3 is 29.9 Å². The fraction of sp³-hybridized carbons (Fsp3) is 0.743. The number of hydrogen-bond acceptors (Lipinski definition) is 6. The first-order valence-corrected chi connectivity index (χ1v) is 17.3. The maximum Gasteiger partial charge on any atom is 0.318 e. The number of ether oxygens (including phenoxy) is 2. The monoisotopic (exact) mass is 628 g/mol. The third-order valence-electron chi connectivity index (χ3n) is 11.2. The van der Waals surface area contributed by atoms with Gasteiger partial charge in [0.05, 0.1) is 18.6 Å². The molecule has 3 amide bonds. The van der Waals surface area contributed by atoms with Gasteiger partial charge >= 0.3 is 12.0 Å². The van der Waals surface area contributed by atoms with E-state index in [-0.39, 0.29) is 66.3 Å². The summed E-state index contributed by atoms with van der Waals surface area (Å²) in [7, 11) is 0. The minimum atomic E-state index is -0.820. The van der Waals surface area contributed by atoms with Gasteiger partial charge in [-0.15, -0.1) is 0 Å². The zero-order valence-electron chi connectivity index (χ0n) is 27.6. The summed E-state index contributed by atoms with van der Waals surface area (Å²) < 4.78 is 25.4. The van der Waals surface area contributed by atoms with Crippen LogP contribution >= 0.6 is 0 Å². The normalized spacial score (nSPS) is 28.7. The Morgan fingerprint density at radius 3 is 2.16 bits per heavy atom. The molecule has 2 N–H and O–H groups in total. The second-order valence-corrected chi connectivity index (χ2v) is 14.0. The van der Waals surface area contributed by atoms with E-state index in [1.54, 1.807) is 12.1 Å². The third kappa shape index (κ3) is 7.64. The van der Waals surface area contributed by atoms with Gasteiger partial charge in [-0.1, -0.05) is 31.4 Å². The quantitative estimate of drug-likeness (QED) is 0.421. The van der Waals surface area contributed by atoms with Crippen LogP contribution in [-0.4, -0.2) is 90.3 Å². The van der Waals surface area contributed by atoms with Gasteiger partial charge in [0.1, 0.15) is 18.0 Å². The van der Waals surface area contributed by atoms with Gasteiger partial charge in [0.2, 0.25) is 5.91 Å². The zero-order chi connectivity index (χ0) is 32.1. The molecular weight excluding hydrogens is 575 g/mol. The number of piperazine rings is 1. The Morgan fingerprint density at radius 2 is 1.56 bits per heavy atom. The van der Waals surface area contributed by atoms with Crippen LogP contribution in [0.5, 0.6) is 0 Å². The molecule has 0 bridgehead atoms. The van der Waals surface area contributed by atoms with Crippen molar-refractivity contribution in [2.24, 2.45) is 11.3 Å². The van der Waals surface area contributed by atoms with E-state index in [1.807, 2.05) is 23.6 Å². The van der Waals surface area contributed by atoms with E-state index < -0.39 is 11.5 Å². The van der Waals surface area contributed by atoms with E-state index in [0.717, 1.165) is 44.1 Å². The SMILES string of the molecule is CC1NC(C)C(C)N(C(=O)N[C@H](Cc2ccc(F)cc2)C(=O)N2CCC(C(=O)OC3CCOCC3)(C3CCCCC3)CC2)C1C. The highest BCUT2D eigenvalue weighted by molar-refractivity contribution is 5.88. The van der Waals surface area contributed by atoms with Gasteiger partial charge in [0.15, 0.2) is 0 Å². The van der Waals surface area contributed by atoms with Crippen molar-refractivity contribution >= 4 is 17.9 Å². The molecule has 0 spiro atoms. The molecule has 10 heteroatoms. The third-order valence-corrected chi connectivity index (χ3v) is 11.2. The number of benzene rings is 1. The molecule has 1 saturated carbocycles. The highest BCUT2D eigenvalue weighted by Gasteiger charge is 2.50. The Kier molecular flexibility index (Phi) is 11.1. The molecule has 5 rings (SSSR count).